The van der Waals surface area contributed by atoms with Crippen LogP contribution < -0.4 is 0 Å². The van der Waals surface area contributed by atoms with Crippen molar-refractivity contribution in [1.29, 1.82) is 0 Å². The summed E-state index contributed by atoms with van der Waals surface area (Å²) in [5.41, 5.74) is 28.6. The Morgan fingerprint density at radius 3 is 1.15 bits per heavy atom. The Labute approximate surface area is 284 Å². The molecule has 0 aliphatic carbocycles. The first-order valence-electron chi connectivity index (χ1n) is 17.0. The largest absolute Gasteiger partial charge is 0.213 e. The lowest BCUT2D eigenvalue weighted by Gasteiger charge is -2.25. The zero-order valence-corrected chi connectivity index (χ0v) is 32.0. The van der Waals surface area contributed by atoms with Crippen LogP contribution in [-0.2, 0) is 0 Å². The van der Waals surface area contributed by atoms with E-state index in [-0.39, 0.29) is 0 Å². The van der Waals surface area contributed by atoms with Gasteiger partial charge >= 0.3 is 0 Å². The summed E-state index contributed by atoms with van der Waals surface area (Å²) in [4.78, 5) is 15.2. The van der Waals surface area contributed by atoms with Gasteiger partial charge in [0, 0.05) is 11.1 Å². The van der Waals surface area contributed by atoms with E-state index in [2.05, 4.69) is 123 Å². The number of benzene rings is 4. The molecule has 0 aliphatic rings. The Morgan fingerprint density at radius 2 is 0.638 bits per heavy atom. The lowest BCUT2D eigenvalue weighted by atomic mass is 9.79. The van der Waals surface area contributed by atoms with Gasteiger partial charge in [0.2, 0.25) is 0 Å². The van der Waals surface area contributed by atoms with E-state index >= 15 is 0 Å². The number of aryl methyl sites for hydroxylation is 4. The second-order valence-corrected chi connectivity index (χ2v) is 14.3. The highest BCUT2D eigenvalue weighted by molar-refractivity contribution is 5.86. The molecule has 0 fully saturated rings. The molecule has 4 aromatic carbocycles. The Morgan fingerprint density at radius 1 is 0.277 bits per heavy atom. The molecule has 0 radical (unpaired) electrons. The number of rotatable bonds is 4. The summed E-state index contributed by atoms with van der Waals surface area (Å²) in [5.74, 6) is 2.24. The molecule has 1 heterocycles. The van der Waals surface area contributed by atoms with Crippen LogP contribution in [-0.4, -0.2) is 15.0 Å². The normalized spacial score (nSPS) is 11.5. The second-order valence-electron chi connectivity index (χ2n) is 14.3. The number of hydrogen-bond donors (Lipinski definition) is 0. The monoisotopic (exact) mass is 623 g/mol. The van der Waals surface area contributed by atoms with E-state index in [0.29, 0.717) is 0 Å². The zero-order chi connectivity index (χ0) is 35.0. The van der Waals surface area contributed by atoms with Gasteiger partial charge in [-0.05, 0) is 229 Å². The van der Waals surface area contributed by atoms with E-state index < -0.39 is 0 Å². The third-order valence-electron chi connectivity index (χ3n) is 11.8. The Hall–Kier alpha value is -4.11. The molecule has 47 heavy (non-hydrogen) atoms. The summed E-state index contributed by atoms with van der Waals surface area (Å²) in [5, 5.41) is 0. The molecule has 0 N–H and O–H groups in total. The molecule has 0 saturated carbocycles. The van der Waals surface area contributed by atoms with E-state index in [0.717, 1.165) is 28.6 Å². The van der Waals surface area contributed by atoms with Gasteiger partial charge in [-0.3, -0.25) is 0 Å². The van der Waals surface area contributed by atoms with Crippen molar-refractivity contribution in [2.75, 3.05) is 0 Å². The van der Waals surface area contributed by atoms with Gasteiger partial charge in [-0.1, -0.05) is 12.1 Å². The maximum absolute atomic E-state index is 5.26. The highest BCUT2D eigenvalue weighted by atomic mass is 15.0. The van der Waals surface area contributed by atoms with Crippen molar-refractivity contribution in [3.63, 3.8) is 0 Å². The van der Waals surface area contributed by atoms with E-state index in [1.54, 1.807) is 0 Å². The van der Waals surface area contributed by atoms with E-state index in [1.807, 2.05) is 6.92 Å². The first kappa shape index (κ1) is 34.2. The molecule has 0 bridgehead atoms. The molecule has 0 unspecified atom stereocenters. The van der Waals surface area contributed by atoms with Crippen LogP contribution in [0, 0.1) is 118 Å². The van der Waals surface area contributed by atoms with E-state index in [1.165, 1.54) is 111 Å². The van der Waals surface area contributed by atoms with Gasteiger partial charge in [0.1, 0.15) is 5.82 Å². The molecule has 3 heteroatoms. The molecular weight excluding hydrogens is 571 g/mol. The molecular formula is C44H53N3. The average Bonchev–Trinajstić information content (AvgIpc) is 3.01. The molecule has 244 valence electrons. The summed E-state index contributed by atoms with van der Waals surface area (Å²) in [6, 6.07) is 4.66. The van der Waals surface area contributed by atoms with Gasteiger partial charge in [-0.25, -0.2) is 15.0 Å². The van der Waals surface area contributed by atoms with Crippen LogP contribution in [0.25, 0.3) is 45.0 Å². The van der Waals surface area contributed by atoms with Crippen molar-refractivity contribution in [2.45, 2.75) is 118 Å². The predicted octanol–water partition coefficient (Wildman–Crippen LogP) is 11.8. The fourth-order valence-electron chi connectivity index (χ4n) is 7.99. The van der Waals surface area contributed by atoms with Gasteiger partial charge in [-0.2, -0.15) is 0 Å². The third-order valence-corrected chi connectivity index (χ3v) is 11.8. The van der Waals surface area contributed by atoms with Gasteiger partial charge in [0.15, 0.2) is 11.6 Å². The Kier molecular flexibility index (Phi) is 8.86. The summed E-state index contributed by atoms with van der Waals surface area (Å²) < 4.78 is 0. The molecule has 3 nitrogen and oxygen atoms in total. The minimum absolute atomic E-state index is 0.737. The van der Waals surface area contributed by atoms with Crippen LogP contribution in [0.3, 0.4) is 0 Å². The Bertz CT molecular complexity index is 2080. The number of hydrogen-bond acceptors (Lipinski definition) is 3. The molecule has 0 aliphatic heterocycles. The molecule has 0 spiro atoms. The molecule has 0 amide bonds. The SMILES string of the molecule is Cc1nc(-c2c(C)cc(-c3c(C)cc(C)c(C)c3C)c(C)c2C)nc(-c2c(C)c(C)c(-c3c(C)c(C)c(C)c(C)c3C)c(C)c2C)n1. The van der Waals surface area contributed by atoms with Gasteiger partial charge in [0.25, 0.3) is 0 Å². The topological polar surface area (TPSA) is 38.7 Å². The maximum Gasteiger partial charge on any atom is 0.164 e. The van der Waals surface area contributed by atoms with Crippen molar-refractivity contribution in [3.8, 4) is 45.0 Å². The van der Waals surface area contributed by atoms with Crippen LogP contribution in [0.15, 0.2) is 12.1 Å². The van der Waals surface area contributed by atoms with E-state index in [4.69, 9.17) is 15.0 Å². The minimum atomic E-state index is 0.737. The van der Waals surface area contributed by atoms with Crippen molar-refractivity contribution in [1.82, 2.24) is 15.0 Å². The van der Waals surface area contributed by atoms with Crippen molar-refractivity contribution < 1.29 is 0 Å². The highest BCUT2D eigenvalue weighted by Gasteiger charge is 2.25. The van der Waals surface area contributed by atoms with Crippen LogP contribution in [0.1, 0.15) is 94.8 Å². The number of nitrogens with zero attached hydrogens (tertiary/aromatic N) is 3. The molecule has 0 atom stereocenters. The second kappa shape index (κ2) is 12.2. The number of aromatic nitrogens is 3. The molecule has 1 aromatic heterocycles. The lowest BCUT2D eigenvalue weighted by Crippen LogP contribution is -2.08. The van der Waals surface area contributed by atoms with Gasteiger partial charge in [-0.15, -0.1) is 0 Å². The fourth-order valence-corrected chi connectivity index (χ4v) is 7.99. The summed E-state index contributed by atoms with van der Waals surface area (Å²) in [7, 11) is 0. The summed E-state index contributed by atoms with van der Waals surface area (Å²) in [6.07, 6.45) is 0. The van der Waals surface area contributed by atoms with Crippen molar-refractivity contribution in [3.05, 3.63) is 107 Å². The quantitative estimate of drug-likeness (QED) is 0.200. The smallest absolute Gasteiger partial charge is 0.164 e. The standard InChI is InChI=1S/C44H53N3/c1-20-18-21(2)38(28(9)23(20)4)37-19-22(3)39(31(12)27(37)8)43-45-36(17)46-44(47-43)42-34(15)32(13)41(33(14)35(42)16)40-29(10)25(6)24(5)26(7)30(40)11/h18-19H,1-17H3. The zero-order valence-electron chi connectivity index (χ0n) is 32.0. The average molecular weight is 624 g/mol. The maximum atomic E-state index is 5.26. The Balaban J connectivity index is 1.73. The summed E-state index contributed by atoms with van der Waals surface area (Å²) in [6.45, 7) is 37.9. The first-order chi connectivity index (χ1) is 21.9. The van der Waals surface area contributed by atoms with Crippen LogP contribution >= 0.6 is 0 Å². The highest BCUT2D eigenvalue weighted by Crippen LogP contribution is 2.44. The molecule has 5 rings (SSSR count). The van der Waals surface area contributed by atoms with E-state index in [9.17, 15) is 0 Å². The predicted molar refractivity (Wildman–Crippen MR) is 202 cm³/mol. The molecule has 0 saturated heterocycles. The minimum Gasteiger partial charge on any atom is -0.213 e. The van der Waals surface area contributed by atoms with Crippen LogP contribution in [0.2, 0.25) is 0 Å². The lowest BCUT2D eigenvalue weighted by molar-refractivity contribution is 0.981. The summed E-state index contributed by atoms with van der Waals surface area (Å²) >= 11 is 0. The van der Waals surface area contributed by atoms with Gasteiger partial charge < -0.3 is 0 Å². The van der Waals surface area contributed by atoms with Crippen LogP contribution in [0.5, 0.6) is 0 Å². The van der Waals surface area contributed by atoms with Crippen molar-refractivity contribution >= 4 is 0 Å². The van der Waals surface area contributed by atoms with Crippen molar-refractivity contribution in [2.24, 2.45) is 0 Å². The first-order valence-corrected chi connectivity index (χ1v) is 17.0. The third kappa shape index (κ3) is 5.32. The molecule has 5 aromatic rings. The fraction of sp³-hybridized carbons (Fsp3) is 0.386. The van der Waals surface area contributed by atoms with Crippen LogP contribution in [0.4, 0.5) is 0 Å². The van der Waals surface area contributed by atoms with Gasteiger partial charge in [0.05, 0.1) is 0 Å².